The highest BCUT2D eigenvalue weighted by Crippen LogP contribution is 2.30. The number of hydrogen-bond donors (Lipinski definition) is 1. The molecule has 1 N–H and O–H groups in total. The molecular weight excluding hydrogens is 380 g/mol. The van der Waals surface area contributed by atoms with Crippen molar-refractivity contribution in [2.45, 2.75) is 13.8 Å². The van der Waals surface area contributed by atoms with Crippen molar-refractivity contribution < 1.29 is 19.1 Å². The van der Waals surface area contributed by atoms with Crippen LogP contribution < -0.4 is 10.1 Å². The van der Waals surface area contributed by atoms with Crippen LogP contribution in [0.3, 0.4) is 0 Å². The number of anilines is 1. The van der Waals surface area contributed by atoms with Gasteiger partial charge in [-0.15, -0.1) is 11.3 Å². The minimum atomic E-state index is -0.933. The molecule has 1 aromatic carbocycles. The van der Waals surface area contributed by atoms with E-state index in [4.69, 9.17) is 4.74 Å². The summed E-state index contributed by atoms with van der Waals surface area (Å²) in [5.41, 5.74) is 2.40. The van der Waals surface area contributed by atoms with Gasteiger partial charge in [0, 0.05) is 24.1 Å². The smallest absolute Gasteiger partial charge is 0.397 e. The van der Waals surface area contributed by atoms with Crippen LogP contribution in [-0.2, 0) is 21.4 Å². The number of nitrogens with one attached hydrogen (secondary N) is 1. The molecule has 2 aromatic heterocycles. The fourth-order valence-corrected chi connectivity index (χ4v) is 3.25. The lowest BCUT2D eigenvalue weighted by Crippen LogP contribution is -2.26. The normalized spacial score (nSPS) is 10.5. The molecule has 8 nitrogen and oxygen atoms in total. The number of rotatable bonds is 6. The second-order valence-corrected chi connectivity index (χ2v) is 6.57. The molecule has 0 aliphatic rings. The van der Waals surface area contributed by atoms with Crippen molar-refractivity contribution in [2.75, 3.05) is 18.5 Å². The van der Waals surface area contributed by atoms with E-state index in [-0.39, 0.29) is 6.61 Å². The van der Waals surface area contributed by atoms with Crippen LogP contribution >= 0.6 is 11.3 Å². The number of carbonyl (C=O) groups excluding carboxylic acids is 2. The van der Waals surface area contributed by atoms with Gasteiger partial charge in [0.25, 0.3) is 0 Å². The van der Waals surface area contributed by atoms with Gasteiger partial charge in [-0.3, -0.25) is 9.48 Å². The summed E-state index contributed by atoms with van der Waals surface area (Å²) in [6, 6.07) is 9.38. The summed E-state index contributed by atoms with van der Waals surface area (Å²) in [6.45, 7) is 4.33. The van der Waals surface area contributed by atoms with Crippen molar-refractivity contribution in [1.29, 1.82) is 0 Å². The van der Waals surface area contributed by atoms with Gasteiger partial charge in [-0.1, -0.05) is 0 Å². The van der Waals surface area contributed by atoms with Gasteiger partial charge in [-0.25, -0.2) is 9.78 Å². The van der Waals surface area contributed by atoms with E-state index in [0.29, 0.717) is 23.1 Å². The summed E-state index contributed by atoms with van der Waals surface area (Å²) in [5, 5.41) is 9.50. The van der Waals surface area contributed by atoms with Crippen LogP contribution in [0.15, 0.2) is 35.7 Å². The second-order valence-electron chi connectivity index (χ2n) is 5.71. The van der Waals surface area contributed by atoms with Crippen molar-refractivity contribution in [1.82, 2.24) is 14.8 Å². The topological polar surface area (TPSA) is 95.3 Å². The molecule has 0 atom stereocenters. The van der Waals surface area contributed by atoms with E-state index in [1.165, 1.54) is 16.0 Å². The summed E-state index contributed by atoms with van der Waals surface area (Å²) in [6.07, 6.45) is 0. The number of amides is 1. The first-order chi connectivity index (χ1) is 13.5. The van der Waals surface area contributed by atoms with Crippen molar-refractivity contribution >= 4 is 29.0 Å². The number of carbonyl (C=O) groups is 2. The Morgan fingerprint density at radius 1 is 1.14 bits per heavy atom. The first-order valence-electron chi connectivity index (χ1n) is 8.73. The number of thiazole rings is 1. The summed E-state index contributed by atoms with van der Waals surface area (Å²) < 4.78 is 11.6. The van der Waals surface area contributed by atoms with Gasteiger partial charge in [0.1, 0.15) is 22.3 Å². The Morgan fingerprint density at radius 2 is 1.89 bits per heavy atom. The van der Waals surface area contributed by atoms with Gasteiger partial charge in [-0.2, -0.15) is 5.10 Å². The van der Waals surface area contributed by atoms with Crippen LogP contribution in [0.4, 0.5) is 5.82 Å². The molecule has 0 radical (unpaired) electrons. The van der Waals surface area contributed by atoms with E-state index in [0.717, 1.165) is 17.0 Å². The van der Waals surface area contributed by atoms with Crippen LogP contribution in [0.2, 0.25) is 0 Å². The first kappa shape index (κ1) is 19.6. The predicted octanol–water partition coefficient (Wildman–Crippen LogP) is 3.11. The van der Waals surface area contributed by atoms with Gasteiger partial charge in [0.05, 0.1) is 18.9 Å². The second kappa shape index (κ2) is 8.66. The average molecular weight is 400 g/mol. The average Bonchev–Trinajstić information content (AvgIpc) is 3.30. The van der Waals surface area contributed by atoms with Crippen molar-refractivity contribution in [3.8, 4) is 27.7 Å². The van der Waals surface area contributed by atoms with Gasteiger partial charge in [0.2, 0.25) is 0 Å². The van der Waals surface area contributed by atoms with Crippen LogP contribution in [0.5, 0.6) is 5.75 Å². The van der Waals surface area contributed by atoms with Crippen molar-refractivity contribution in [3.05, 3.63) is 35.7 Å². The highest BCUT2D eigenvalue weighted by atomic mass is 32.1. The Balaban J connectivity index is 1.76. The number of hydrogen-bond acceptors (Lipinski definition) is 7. The van der Waals surface area contributed by atoms with E-state index in [1.807, 2.05) is 36.6 Å². The molecule has 0 saturated heterocycles. The third-order valence-corrected chi connectivity index (χ3v) is 4.63. The summed E-state index contributed by atoms with van der Waals surface area (Å²) in [7, 11) is 1.67. The highest BCUT2D eigenvalue weighted by Gasteiger charge is 2.18. The van der Waals surface area contributed by atoms with Gasteiger partial charge < -0.3 is 14.8 Å². The van der Waals surface area contributed by atoms with Crippen LogP contribution in [-0.4, -0.2) is 39.9 Å². The molecule has 3 aromatic rings. The summed E-state index contributed by atoms with van der Waals surface area (Å²) in [4.78, 5) is 27.9. The van der Waals surface area contributed by atoms with E-state index in [1.54, 1.807) is 20.0 Å². The molecule has 2 heterocycles. The van der Waals surface area contributed by atoms with E-state index >= 15 is 0 Å². The van der Waals surface area contributed by atoms with E-state index < -0.39 is 11.9 Å². The molecule has 0 bridgehead atoms. The Kier molecular flexibility index (Phi) is 6.05. The fourth-order valence-electron chi connectivity index (χ4n) is 2.47. The zero-order chi connectivity index (χ0) is 20.1. The molecule has 1 amide bonds. The molecular formula is C19H20N4O4S. The number of nitrogens with zero attached hydrogens (tertiary/aromatic N) is 3. The third kappa shape index (κ3) is 4.37. The molecule has 0 fully saturated rings. The van der Waals surface area contributed by atoms with Crippen LogP contribution in [0, 0.1) is 0 Å². The number of benzene rings is 1. The Labute approximate surface area is 166 Å². The van der Waals surface area contributed by atoms with E-state index in [2.05, 4.69) is 20.1 Å². The number of ether oxygens (including phenoxy) is 2. The maximum atomic E-state index is 11.8. The Bertz CT molecular complexity index is 978. The van der Waals surface area contributed by atoms with Gasteiger partial charge in [-0.05, 0) is 38.1 Å². The Morgan fingerprint density at radius 3 is 2.57 bits per heavy atom. The van der Waals surface area contributed by atoms with Crippen LogP contribution in [0.25, 0.3) is 22.0 Å². The van der Waals surface area contributed by atoms with Crippen LogP contribution in [0.1, 0.15) is 13.8 Å². The number of esters is 1. The molecule has 0 aliphatic heterocycles. The quantitative estimate of drug-likeness (QED) is 0.505. The predicted molar refractivity (Wildman–Crippen MR) is 106 cm³/mol. The largest absolute Gasteiger partial charge is 0.494 e. The molecule has 9 heteroatoms. The zero-order valence-corrected chi connectivity index (χ0v) is 16.6. The maximum absolute atomic E-state index is 11.8. The molecule has 3 rings (SSSR count). The molecule has 146 valence electrons. The standard InChI is InChI=1S/C19H20N4O4S/c1-4-26-13-8-6-12(7-9-13)15-11-28-18(20-15)14-10-16(23(3)22-14)21-17(24)19(25)27-5-2/h6-11H,4-5H2,1-3H3,(H,21,24). The summed E-state index contributed by atoms with van der Waals surface area (Å²) >= 11 is 1.44. The lowest BCUT2D eigenvalue weighted by Gasteiger charge is -2.03. The minimum absolute atomic E-state index is 0.135. The molecule has 28 heavy (non-hydrogen) atoms. The number of aromatic nitrogens is 3. The molecule has 0 spiro atoms. The SMILES string of the molecule is CCOC(=O)C(=O)Nc1cc(-c2nc(-c3ccc(OCC)cc3)cs2)nn1C. The zero-order valence-electron chi connectivity index (χ0n) is 15.8. The first-order valence-corrected chi connectivity index (χ1v) is 9.61. The van der Waals surface area contributed by atoms with E-state index in [9.17, 15) is 9.59 Å². The molecule has 0 unspecified atom stereocenters. The fraction of sp³-hybridized carbons (Fsp3) is 0.263. The highest BCUT2D eigenvalue weighted by molar-refractivity contribution is 7.13. The maximum Gasteiger partial charge on any atom is 0.397 e. The van der Waals surface area contributed by atoms with Crippen molar-refractivity contribution in [2.24, 2.45) is 7.05 Å². The van der Waals surface area contributed by atoms with Gasteiger partial charge >= 0.3 is 11.9 Å². The molecule has 0 aliphatic carbocycles. The summed E-state index contributed by atoms with van der Waals surface area (Å²) in [5.74, 6) is -0.581. The minimum Gasteiger partial charge on any atom is -0.494 e. The monoisotopic (exact) mass is 400 g/mol. The Hall–Kier alpha value is -3.20. The number of aryl methyl sites for hydroxylation is 1. The lowest BCUT2D eigenvalue weighted by molar-refractivity contribution is -0.152. The third-order valence-electron chi connectivity index (χ3n) is 3.77. The molecule has 0 saturated carbocycles. The lowest BCUT2D eigenvalue weighted by atomic mass is 10.2. The van der Waals surface area contributed by atoms with Crippen molar-refractivity contribution in [3.63, 3.8) is 0 Å². The van der Waals surface area contributed by atoms with Gasteiger partial charge in [0.15, 0.2) is 0 Å².